The van der Waals surface area contributed by atoms with E-state index in [1.807, 2.05) is 0 Å². The van der Waals surface area contributed by atoms with Gasteiger partial charge in [-0.3, -0.25) is 37.3 Å². The number of carbonyl (C=O) groups excluding carboxylic acids is 4. The van der Waals surface area contributed by atoms with Crippen LogP contribution in [0.25, 0.3) is 0 Å². The molecule has 3 N–H and O–H groups in total. The second kappa shape index (κ2) is 76.4. The van der Waals surface area contributed by atoms with Crippen molar-refractivity contribution in [2.24, 2.45) is 11.8 Å². The quantitative estimate of drug-likeness (QED) is 0.0222. The van der Waals surface area contributed by atoms with E-state index in [0.29, 0.717) is 25.7 Å². The van der Waals surface area contributed by atoms with E-state index in [4.69, 9.17) is 37.0 Å². The lowest BCUT2D eigenvalue weighted by molar-refractivity contribution is -0.161. The Morgan fingerprint density at radius 1 is 0.279 bits per heavy atom. The van der Waals surface area contributed by atoms with E-state index < -0.39 is 97.5 Å². The Hall–Kier alpha value is -1.94. The van der Waals surface area contributed by atoms with Crippen molar-refractivity contribution in [3.63, 3.8) is 0 Å². The molecule has 0 heterocycles. The lowest BCUT2D eigenvalue weighted by Crippen LogP contribution is -2.30. The van der Waals surface area contributed by atoms with Crippen LogP contribution in [0.5, 0.6) is 0 Å². The van der Waals surface area contributed by atoms with Gasteiger partial charge >= 0.3 is 39.5 Å². The molecule has 104 heavy (non-hydrogen) atoms. The first-order valence-electron chi connectivity index (χ1n) is 44.0. The lowest BCUT2D eigenvalue weighted by Gasteiger charge is -2.21. The third-order valence-electron chi connectivity index (χ3n) is 20.3. The number of ether oxygens (including phenoxy) is 4. The van der Waals surface area contributed by atoms with Crippen molar-refractivity contribution in [2.45, 2.75) is 471 Å². The third kappa shape index (κ3) is 76.8. The number of phosphoric acid groups is 2. The third-order valence-corrected chi connectivity index (χ3v) is 22.2. The molecule has 0 rings (SSSR count). The zero-order chi connectivity index (χ0) is 76.4. The van der Waals surface area contributed by atoms with E-state index >= 15 is 0 Å². The highest BCUT2D eigenvalue weighted by Gasteiger charge is 2.30. The Morgan fingerprint density at radius 2 is 0.490 bits per heavy atom. The molecule has 0 aromatic carbocycles. The fourth-order valence-corrected chi connectivity index (χ4v) is 14.8. The summed E-state index contributed by atoms with van der Waals surface area (Å²) in [7, 11) is -9.93. The van der Waals surface area contributed by atoms with Crippen molar-refractivity contribution in [1.82, 2.24) is 0 Å². The van der Waals surface area contributed by atoms with Gasteiger partial charge in [0.2, 0.25) is 0 Å². The van der Waals surface area contributed by atoms with Crippen molar-refractivity contribution in [3.8, 4) is 0 Å². The average molecular weight is 1520 g/mol. The molecule has 0 aliphatic heterocycles. The largest absolute Gasteiger partial charge is 0.472 e. The number of phosphoric ester groups is 2. The number of hydrogen-bond acceptors (Lipinski definition) is 15. The standard InChI is InChI=1S/C85H166O17P2/c1-7-10-12-14-16-18-20-22-23-24-28-31-35-38-42-49-55-61-67-82(87)95-73-80(101-85(90)70-64-58-52-44-40-36-32-29-26-25-27-30-34-37-41-47-53-59-65-77(4)5)75-99-103(91,92)97-71-79(86)72-98-104(93,94)100-76-81(74-96-83(88)68-62-56-50-46-45-48-54-60-66-78(6)9-3)102-84(89)69-63-57-51-43-39-33-21-19-17-15-13-11-8-2/h77-81,86H,7-76H2,1-6H3,(H,91,92)(H,93,94)/t78?,79-,80-,81-/m1/s1. The van der Waals surface area contributed by atoms with Gasteiger partial charge in [-0.25, -0.2) is 9.13 Å². The highest BCUT2D eigenvalue weighted by molar-refractivity contribution is 7.47. The maximum atomic E-state index is 13.1. The van der Waals surface area contributed by atoms with Crippen LogP contribution in [0.4, 0.5) is 0 Å². The Morgan fingerprint density at radius 3 is 0.731 bits per heavy atom. The van der Waals surface area contributed by atoms with Crippen molar-refractivity contribution >= 4 is 39.5 Å². The summed E-state index contributed by atoms with van der Waals surface area (Å²) in [6, 6.07) is 0. The number of esters is 4. The van der Waals surface area contributed by atoms with Gasteiger partial charge < -0.3 is 33.8 Å². The fraction of sp³-hybridized carbons (Fsp3) is 0.953. The maximum absolute atomic E-state index is 13.1. The Labute approximate surface area is 638 Å². The van der Waals surface area contributed by atoms with Crippen LogP contribution in [-0.4, -0.2) is 96.7 Å². The summed E-state index contributed by atoms with van der Waals surface area (Å²) in [5, 5.41) is 10.7. The number of rotatable bonds is 84. The first kappa shape index (κ1) is 102. The highest BCUT2D eigenvalue weighted by atomic mass is 31.2. The number of carbonyl (C=O) groups is 4. The summed E-state index contributed by atoms with van der Waals surface area (Å²) < 4.78 is 68.9. The van der Waals surface area contributed by atoms with Crippen molar-refractivity contribution in [3.05, 3.63) is 0 Å². The van der Waals surface area contributed by atoms with Crippen LogP contribution < -0.4 is 0 Å². The molecule has 0 aromatic heterocycles. The normalized spacial score (nSPS) is 14.1. The second-order valence-electron chi connectivity index (χ2n) is 31.3. The SMILES string of the molecule is CCCCCCCCCCCCCCCCCCCCC(=O)OC[C@H](COP(=O)(O)OC[C@@H](O)COP(=O)(O)OC[C@@H](COC(=O)CCCCCCCCCCC(C)CC)OC(=O)CCCCCCCCCCCCCCC)OC(=O)CCCCCCCCCCCCCCCCCCCCC(C)C. The summed E-state index contributed by atoms with van der Waals surface area (Å²) in [6.07, 6.45) is 67.9. The summed E-state index contributed by atoms with van der Waals surface area (Å²) in [6.45, 7) is 9.70. The molecule has 0 fully saturated rings. The van der Waals surface area contributed by atoms with Gasteiger partial charge in [0.1, 0.15) is 19.3 Å². The Bertz CT molecular complexity index is 2000. The number of unbranched alkanes of at least 4 members (excludes halogenated alkanes) is 53. The van der Waals surface area contributed by atoms with Gasteiger partial charge in [0, 0.05) is 25.7 Å². The van der Waals surface area contributed by atoms with E-state index in [-0.39, 0.29) is 25.7 Å². The molecular weight excluding hydrogens is 1350 g/mol. The van der Waals surface area contributed by atoms with Crippen LogP contribution in [0, 0.1) is 11.8 Å². The fourth-order valence-electron chi connectivity index (χ4n) is 13.2. The molecule has 6 atom stereocenters. The first-order chi connectivity index (χ1) is 50.4. The minimum atomic E-state index is -4.97. The molecule has 17 nitrogen and oxygen atoms in total. The zero-order valence-electron chi connectivity index (χ0n) is 68.3. The number of hydrogen-bond donors (Lipinski definition) is 3. The second-order valence-corrected chi connectivity index (χ2v) is 34.2. The van der Waals surface area contributed by atoms with E-state index in [1.54, 1.807) is 0 Å². The van der Waals surface area contributed by atoms with Gasteiger partial charge in [-0.15, -0.1) is 0 Å². The van der Waals surface area contributed by atoms with Gasteiger partial charge in [0.25, 0.3) is 0 Å². The van der Waals surface area contributed by atoms with Gasteiger partial charge in [0.05, 0.1) is 26.4 Å². The highest BCUT2D eigenvalue weighted by Crippen LogP contribution is 2.45. The molecule has 0 amide bonds. The molecule has 19 heteroatoms. The predicted molar refractivity (Wildman–Crippen MR) is 428 cm³/mol. The summed E-state index contributed by atoms with van der Waals surface area (Å²) in [5.74, 6) is -0.504. The topological polar surface area (TPSA) is 237 Å². The molecule has 0 aliphatic rings. The molecule has 0 aromatic rings. The smallest absolute Gasteiger partial charge is 0.462 e. The van der Waals surface area contributed by atoms with Gasteiger partial charge in [-0.1, -0.05) is 401 Å². The predicted octanol–water partition coefficient (Wildman–Crippen LogP) is 25.8. The van der Waals surface area contributed by atoms with Crippen molar-refractivity contribution in [2.75, 3.05) is 39.6 Å². The first-order valence-corrected chi connectivity index (χ1v) is 47.0. The van der Waals surface area contributed by atoms with Crippen LogP contribution in [0.2, 0.25) is 0 Å². The monoisotopic (exact) mass is 1520 g/mol. The van der Waals surface area contributed by atoms with Gasteiger partial charge in [0.15, 0.2) is 12.2 Å². The Balaban J connectivity index is 5.24. The van der Waals surface area contributed by atoms with Crippen molar-refractivity contribution < 1.29 is 80.2 Å². The molecule has 0 bridgehead atoms. The van der Waals surface area contributed by atoms with Crippen LogP contribution in [0.15, 0.2) is 0 Å². The van der Waals surface area contributed by atoms with Crippen LogP contribution in [0.3, 0.4) is 0 Å². The summed E-state index contributed by atoms with van der Waals surface area (Å²) >= 11 is 0. The summed E-state index contributed by atoms with van der Waals surface area (Å²) in [5.41, 5.74) is 0. The van der Waals surface area contributed by atoms with E-state index in [0.717, 1.165) is 102 Å². The molecule has 0 radical (unpaired) electrons. The summed E-state index contributed by atoms with van der Waals surface area (Å²) in [4.78, 5) is 73.2. The molecule has 0 saturated carbocycles. The molecule has 0 saturated heterocycles. The number of aliphatic hydroxyl groups excluding tert-OH is 1. The van der Waals surface area contributed by atoms with E-state index in [1.165, 1.54) is 270 Å². The minimum absolute atomic E-state index is 0.108. The van der Waals surface area contributed by atoms with Gasteiger partial charge in [-0.05, 0) is 37.5 Å². The van der Waals surface area contributed by atoms with E-state index in [2.05, 4.69) is 41.5 Å². The van der Waals surface area contributed by atoms with Crippen LogP contribution >= 0.6 is 15.6 Å². The van der Waals surface area contributed by atoms with Crippen molar-refractivity contribution in [1.29, 1.82) is 0 Å². The molecule has 618 valence electrons. The van der Waals surface area contributed by atoms with Crippen LogP contribution in [-0.2, 0) is 65.4 Å². The molecule has 0 spiro atoms. The van der Waals surface area contributed by atoms with Gasteiger partial charge in [-0.2, -0.15) is 0 Å². The zero-order valence-corrected chi connectivity index (χ0v) is 70.1. The molecule has 3 unspecified atom stereocenters. The molecule has 0 aliphatic carbocycles. The van der Waals surface area contributed by atoms with Crippen LogP contribution in [0.1, 0.15) is 452 Å². The Kier molecular flexibility index (Phi) is 75.0. The number of aliphatic hydroxyl groups is 1. The van der Waals surface area contributed by atoms with E-state index in [9.17, 15) is 43.2 Å². The molecular formula is C85H166O17P2. The maximum Gasteiger partial charge on any atom is 0.472 e. The lowest BCUT2D eigenvalue weighted by atomic mass is 9.99. The minimum Gasteiger partial charge on any atom is -0.462 e. The average Bonchev–Trinajstić information content (AvgIpc) is 0.991.